The SMILES string of the molecule is C[C@@H](NC(=O)CN(CCc1ccccc1)S(C)(=O)=O)c1ccc(Cl)cc1. The fourth-order valence-electron chi connectivity index (χ4n) is 2.54. The van der Waals surface area contributed by atoms with Gasteiger partial charge in [0, 0.05) is 11.6 Å². The average molecular weight is 395 g/mol. The first-order valence-electron chi connectivity index (χ1n) is 8.29. The Kier molecular flexibility index (Phi) is 7.20. The highest BCUT2D eigenvalue weighted by molar-refractivity contribution is 7.88. The maximum Gasteiger partial charge on any atom is 0.235 e. The summed E-state index contributed by atoms with van der Waals surface area (Å²) < 4.78 is 25.2. The number of amides is 1. The van der Waals surface area contributed by atoms with Gasteiger partial charge in [-0.1, -0.05) is 54.1 Å². The third-order valence-electron chi connectivity index (χ3n) is 4.03. The number of halogens is 1. The van der Waals surface area contributed by atoms with Crippen molar-refractivity contribution in [1.29, 1.82) is 0 Å². The Hall–Kier alpha value is -1.89. The molecule has 2 aromatic carbocycles. The molecule has 0 aliphatic heterocycles. The van der Waals surface area contributed by atoms with Crippen LogP contribution in [0.3, 0.4) is 0 Å². The van der Waals surface area contributed by atoms with Gasteiger partial charge in [-0.2, -0.15) is 4.31 Å². The molecular weight excluding hydrogens is 372 g/mol. The van der Waals surface area contributed by atoms with Crippen LogP contribution in [0.25, 0.3) is 0 Å². The van der Waals surface area contributed by atoms with Crippen LogP contribution in [0.5, 0.6) is 0 Å². The van der Waals surface area contributed by atoms with Crippen LogP contribution in [-0.2, 0) is 21.2 Å². The van der Waals surface area contributed by atoms with Crippen molar-refractivity contribution >= 4 is 27.5 Å². The number of hydrogen-bond donors (Lipinski definition) is 1. The van der Waals surface area contributed by atoms with Crippen LogP contribution in [0.2, 0.25) is 5.02 Å². The van der Waals surface area contributed by atoms with Crippen LogP contribution >= 0.6 is 11.6 Å². The minimum Gasteiger partial charge on any atom is -0.348 e. The molecule has 2 aromatic rings. The summed E-state index contributed by atoms with van der Waals surface area (Å²) in [4.78, 5) is 12.3. The molecule has 0 spiro atoms. The Morgan fingerprint density at radius 1 is 1.12 bits per heavy atom. The van der Waals surface area contributed by atoms with Crippen molar-refractivity contribution in [3.8, 4) is 0 Å². The first kappa shape index (κ1) is 20.4. The summed E-state index contributed by atoms with van der Waals surface area (Å²) in [7, 11) is -3.48. The highest BCUT2D eigenvalue weighted by Crippen LogP contribution is 2.16. The molecule has 7 heteroatoms. The summed E-state index contributed by atoms with van der Waals surface area (Å²) in [6, 6.07) is 16.5. The lowest BCUT2D eigenvalue weighted by Crippen LogP contribution is -2.41. The lowest BCUT2D eigenvalue weighted by atomic mass is 10.1. The first-order valence-corrected chi connectivity index (χ1v) is 10.5. The van der Waals surface area contributed by atoms with Gasteiger partial charge in [0.2, 0.25) is 15.9 Å². The first-order chi connectivity index (χ1) is 12.3. The van der Waals surface area contributed by atoms with Crippen LogP contribution in [-0.4, -0.2) is 38.0 Å². The second-order valence-corrected chi connectivity index (χ2v) is 8.59. The maximum atomic E-state index is 12.3. The molecule has 26 heavy (non-hydrogen) atoms. The summed E-state index contributed by atoms with van der Waals surface area (Å²) in [5, 5.41) is 3.45. The van der Waals surface area contributed by atoms with Gasteiger partial charge in [0.1, 0.15) is 0 Å². The van der Waals surface area contributed by atoms with E-state index in [-0.39, 0.29) is 25.0 Å². The molecule has 0 fully saturated rings. The van der Waals surface area contributed by atoms with Gasteiger partial charge in [0.05, 0.1) is 18.8 Å². The molecule has 0 aromatic heterocycles. The van der Waals surface area contributed by atoms with Gasteiger partial charge < -0.3 is 5.32 Å². The van der Waals surface area contributed by atoms with Crippen LogP contribution in [0, 0.1) is 0 Å². The lowest BCUT2D eigenvalue weighted by molar-refractivity contribution is -0.121. The molecule has 0 aliphatic rings. The third-order valence-corrected chi connectivity index (χ3v) is 5.53. The Bertz CT molecular complexity index is 824. The Morgan fingerprint density at radius 2 is 1.73 bits per heavy atom. The minimum absolute atomic E-state index is 0.205. The van der Waals surface area contributed by atoms with E-state index in [0.29, 0.717) is 11.4 Å². The van der Waals surface area contributed by atoms with E-state index in [0.717, 1.165) is 17.4 Å². The number of sulfonamides is 1. The van der Waals surface area contributed by atoms with Crippen molar-refractivity contribution in [1.82, 2.24) is 9.62 Å². The van der Waals surface area contributed by atoms with E-state index in [2.05, 4.69) is 5.32 Å². The van der Waals surface area contributed by atoms with E-state index in [1.165, 1.54) is 4.31 Å². The molecule has 0 aliphatic carbocycles. The lowest BCUT2D eigenvalue weighted by Gasteiger charge is -2.21. The summed E-state index contributed by atoms with van der Waals surface area (Å²) in [6.07, 6.45) is 1.67. The van der Waals surface area contributed by atoms with Crippen LogP contribution in [0.1, 0.15) is 24.1 Å². The molecule has 140 valence electrons. The van der Waals surface area contributed by atoms with Gasteiger partial charge in [-0.3, -0.25) is 4.79 Å². The van der Waals surface area contributed by atoms with E-state index in [1.807, 2.05) is 49.4 Å². The van der Waals surface area contributed by atoms with Crippen molar-refractivity contribution in [2.75, 3.05) is 19.3 Å². The van der Waals surface area contributed by atoms with E-state index >= 15 is 0 Å². The fourth-order valence-corrected chi connectivity index (χ4v) is 3.44. The quantitative estimate of drug-likeness (QED) is 0.748. The molecular formula is C19H23ClN2O3S. The summed E-state index contributed by atoms with van der Waals surface area (Å²) >= 11 is 5.87. The monoisotopic (exact) mass is 394 g/mol. The zero-order valence-corrected chi connectivity index (χ0v) is 16.4. The molecule has 1 amide bonds. The van der Waals surface area contributed by atoms with Crippen molar-refractivity contribution in [2.45, 2.75) is 19.4 Å². The van der Waals surface area contributed by atoms with E-state index in [9.17, 15) is 13.2 Å². The van der Waals surface area contributed by atoms with Gasteiger partial charge in [-0.15, -0.1) is 0 Å². The number of hydrogen-bond acceptors (Lipinski definition) is 3. The largest absolute Gasteiger partial charge is 0.348 e. The molecule has 2 rings (SSSR count). The molecule has 0 saturated heterocycles. The van der Waals surface area contributed by atoms with Gasteiger partial charge in [-0.25, -0.2) is 8.42 Å². The Balaban J connectivity index is 1.96. The van der Waals surface area contributed by atoms with Crippen molar-refractivity contribution < 1.29 is 13.2 Å². The zero-order valence-electron chi connectivity index (χ0n) is 14.9. The molecule has 0 unspecified atom stereocenters. The van der Waals surface area contributed by atoms with Crippen LogP contribution < -0.4 is 5.32 Å². The molecule has 1 atom stereocenters. The van der Waals surface area contributed by atoms with Gasteiger partial charge >= 0.3 is 0 Å². The highest BCUT2D eigenvalue weighted by Gasteiger charge is 2.21. The van der Waals surface area contributed by atoms with Crippen molar-refractivity contribution in [3.63, 3.8) is 0 Å². The third kappa shape index (κ3) is 6.44. The normalized spacial score (nSPS) is 12.8. The number of carbonyl (C=O) groups excluding carboxylic acids is 1. The van der Waals surface area contributed by atoms with Crippen molar-refractivity contribution in [2.24, 2.45) is 0 Å². The Labute approximate surface area is 160 Å². The smallest absolute Gasteiger partial charge is 0.235 e. The van der Waals surface area contributed by atoms with Crippen LogP contribution in [0.4, 0.5) is 0 Å². The van der Waals surface area contributed by atoms with Gasteiger partial charge in [0.15, 0.2) is 0 Å². The predicted molar refractivity (Wildman–Crippen MR) is 105 cm³/mol. The average Bonchev–Trinajstić information content (AvgIpc) is 2.59. The second kappa shape index (κ2) is 9.16. The molecule has 5 nitrogen and oxygen atoms in total. The molecule has 0 saturated carbocycles. The minimum atomic E-state index is -3.48. The second-order valence-electron chi connectivity index (χ2n) is 6.17. The number of benzene rings is 2. The maximum absolute atomic E-state index is 12.3. The van der Waals surface area contributed by atoms with Gasteiger partial charge in [0.25, 0.3) is 0 Å². The molecule has 0 heterocycles. The van der Waals surface area contributed by atoms with Crippen LogP contribution in [0.15, 0.2) is 54.6 Å². The number of nitrogens with one attached hydrogen (secondary N) is 1. The summed E-state index contributed by atoms with van der Waals surface area (Å²) in [6.45, 7) is 1.89. The molecule has 0 radical (unpaired) electrons. The molecule has 1 N–H and O–H groups in total. The van der Waals surface area contributed by atoms with E-state index in [1.54, 1.807) is 12.1 Å². The number of rotatable bonds is 8. The topological polar surface area (TPSA) is 66.5 Å². The fraction of sp³-hybridized carbons (Fsp3) is 0.316. The summed E-state index contributed by atoms with van der Waals surface area (Å²) in [5.74, 6) is -0.342. The Morgan fingerprint density at radius 3 is 2.31 bits per heavy atom. The zero-order chi connectivity index (χ0) is 19.2. The van der Waals surface area contributed by atoms with Crippen molar-refractivity contribution in [3.05, 3.63) is 70.7 Å². The van der Waals surface area contributed by atoms with E-state index < -0.39 is 10.0 Å². The van der Waals surface area contributed by atoms with Gasteiger partial charge in [-0.05, 0) is 36.6 Å². The predicted octanol–water partition coefficient (Wildman–Crippen LogP) is 3.02. The van der Waals surface area contributed by atoms with E-state index in [4.69, 9.17) is 11.6 Å². The molecule has 0 bridgehead atoms. The highest BCUT2D eigenvalue weighted by atomic mass is 35.5. The number of nitrogens with zero attached hydrogens (tertiary/aromatic N) is 1. The summed E-state index contributed by atoms with van der Waals surface area (Å²) in [5.41, 5.74) is 1.93. The standard InChI is InChI=1S/C19H23ClN2O3S/c1-15(17-8-10-18(20)11-9-17)21-19(23)14-22(26(2,24)25)13-12-16-6-4-3-5-7-16/h3-11,15H,12-14H2,1-2H3,(H,21,23)/t15-/m1/s1. The number of carbonyl (C=O) groups is 1.